The molecular formula is C15H13N3O2. The molecule has 0 heterocycles. The standard InChI is InChI=1S/C14H11N3.CH2O2/c15-17-16-9-14-12-7-3-1-5-10(12)11-6-2-4-8-13(11)14;2-1-3/h1-8,14H,9H2;1H,(H,2,3). The number of hydrogen-bond donors (Lipinski definition) is 1. The molecule has 1 N–H and O–H groups in total. The molecule has 0 bridgehead atoms. The molecule has 5 nitrogen and oxygen atoms in total. The van der Waals surface area contributed by atoms with Gasteiger partial charge in [-0.25, -0.2) is 0 Å². The highest BCUT2D eigenvalue weighted by molar-refractivity contribution is 5.78. The Hall–Kier alpha value is -2.78. The number of azide groups is 1. The molecule has 0 radical (unpaired) electrons. The maximum Gasteiger partial charge on any atom is 0.290 e. The Kier molecular flexibility index (Phi) is 4.37. The third-order valence-corrected chi connectivity index (χ3v) is 3.29. The minimum Gasteiger partial charge on any atom is -0.483 e. The monoisotopic (exact) mass is 267 g/mol. The van der Waals surface area contributed by atoms with E-state index in [2.05, 4.69) is 34.3 Å². The van der Waals surface area contributed by atoms with E-state index in [0.717, 1.165) is 0 Å². The Labute approximate surface area is 116 Å². The van der Waals surface area contributed by atoms with Gasteiger partial charge < -0.3 is 5.11 Å². The molecule has 3 rings (SSSR count). The Balaban J connectivity index is 0.000000452. The summed E-state index contributed by atoms with van der Waals surface area (Å²) in [6.07, 6.45) is 0. The summed E-state index contributed by atoms with van der Waals surface area (Å²) in [6, 6.07) is 16.7. The minimum atomic E-state index is -0.250. The van der Waals surface area contributed by atoms with Gasteiger partial charge >= 0.3 is 0 Å². The van der Waals surface area contributed by atoms with E-state index in [0.29, 0.717) is 6.54 Å². The van der Waals surface area contributed by atoms with E-state index in [9.17, 15) is 0 Å². The molecule has 0 saturated heterocycles. The Morgan fingerprint density at radius 1 is 1.10 bits per heavy atom. The summed E-state index contributed by atoms with van der Waals surface area (Å²) in [6.45, 7) is 0.241. The Bertz CT molecular complexity index is 618. The fraction of sp³-hybridized carbons (Fsp3) is 0.133. The summed E-state index contributed by atoms with van der Waals surface area (Å²) >= 11 is 0. The van der Waals surface area contributed by atoms with Crippen LogP contribution < -0.4 is 0 Å². The summed E-state index contributed by atoms with van der Waals surface area (Å²) < 4.78 is 0. The first-order valence-electron chi connectivity index (χ1n) is 6.10. The Morgan fingerprint density at radius 3 is 2.00 bits per heavy atom. The SMILES string of the molecule is O=CO.[N-]=[N+]=NCC1c2ccccc2-c2ccccc21. The zero-order valence-electron chi connectivity index (χ0n) is 10.7. The molecule has 0 amide bonds. The van der Waals surface area contributed by atoms with Crippen molar-refractivity contribution in [2.75, 3.05) is 6.54 Å². The summed E-state index contributed by atoms with van der Waals surface area (Å²) in [5.74, 6) is 0.207. The highest BCUT2D eigenvalue weighted by Crippen LogP contribution is 2.44. The highest BCUT2D eigenvalue weighted by atomic mass is 16.3. The molecule has 0 unspecified atom stereocenters. The summed E-state index contributed by atoms with van der Waals surface area (Å²) in [4.78, 5) is 11.2. The van der Waals surface area contributed by atoms with Gasteiger partial charge in [0, 0.05) is 17.4 Å². The van der Waals surface area contributed by atoms with Crippen LogP contribution in [0.25, 0.3) is 21.6 Å². The molecule has 2 aromatic rings. The first-order valence-corrected chi connectivity index (χ1v) is 6.10. The lowest BCUT2D eigenvalue weighted by Crippen LogP contribution is -1.99. The van der Waals surface area contributed by atoms with E-state index in [1.165, 1.54) is 22.3 Å². The average molecular weight is 267 g/mol. The van der Waals surface area contributed by atoms with Crippen LogP contribution in [0.3, 0.4) is 0 Å². The number of benzene rings is 2. The maximum atomic E-state index is 8.48. The van der Waals surface area contributed by atoms with Crippen LogP contribution >= 0.6 is 0 Å². The van der Waals surface area contributed by atoms with Crippen molar-refractivity contribution < 1.29 is 9.90 Å². The zero-order chi connectivity index (χ0) is 14.4. The predicted octanol–water partition coefficient (Wildman–Crippen LogP) is 3.81. The van der Waals surface area contributed by atoms with Gasteiger partial charge in [-0.3, -0.25) is 4.79 Å². The lowest BCUT2D eigenvalue weighted by molar-refractivity contribution is -0.122. The fourth-order valence-corrected chi connectivity index (χ4v) is 2.57. The lowest BCUT2D eigenvalue weighted by Gasteiger charge is -2.09. The second kappa shape index (κ2) is 6.41. The van der Waals surface area contributed by atoms with Crippen molar-refractivity contribution in [3.8, 4) is 11.1 Å². The topological polar surface area (TPSA) is 86.1 Å². The van der Waals surface area contributed by atoms with Gasteiger partial charge in [0.05, 0.1) is 0 Å². The van der Waals surface area contributed by atoms with E-state index in [1.807, 2.05) is 24.3 Å². The normalized spacial score (nSPS) is 11.4. The zero-order valence-corrected chi connectivity index (χ0v) is 10.7. The van der Waals surface area contributed by atoms with Crippen LogP contribution in [-0.4, -0.2) is 18.1 Å². The molecule has 0 aliphatic heterocycles. The van der Waals surface area contributed by atoms with Gasteiger partial charge in [-0.05, 0) is 27.8 Å². The minimum absolute atomic E-state index is 0.207. The summed E-state index contributed by atoms with van der Waals surface area (Å²) in [7, 11) is 0. The lowest BCUT2D eigenvalue weighted by atomic mass is 9.97. The molecule has 0 atom stereocenters. The molecular weight excluding hydrogens is 254 g/mol. The van der Waals surface area contributed by atoms with Crippen molar-refractivity contribution >= 4 is 6.47 Å². The largest absolute Gasteiger partial charge is 0.483 e. The number of carbonyl (C=O) groups is 1. The van der Waals surface area contributed by atoms with Gasteiger partial charge in [0.1, 0.15) is 0 Å². The molecule has 0 saturated carbocycles. The molecule has 0 fully saturated rings. The third-order valence-electron chi connectivity index (χ3n) is 3.29. The third kappa shape index (κ3) is 2.48. The fourth-order valence-electron chi connectivity index (χ4n) is 2.57. The van der Waals surface area contributed by atoms with Gasteiger partial charge in [-0.15, -0.1) is 0 Å². The van der Waals surface area contributed by atoms with Crippen LogP contribution in [-0.2, 0) is 4.79 Å². The van der Waals surface area contributed by atoms with Crippen LogP contribution in [0, 0.1) is 0 Å². The first-order chi connectivity index (χ1) is 9.83. The van der Waals surface area contributed by atoms with Gasteiger partial charge in [-0.1, -0.05) is 53.6 Å². The second-order valence-corrected chi connectivity index (χ2v) is 4.25. The maximum absolute atomic E-state index is 8.48. The number of nitrogens with zero attached hydrogens (tertiary/aromatic N) is 3. The molecule has 0 aromatic heterocycles. The molecule has 100 valence electrons. The van der Waals surface area contributed by atoms with E-state index >= 15 is 0 Å². The van der Waals surface area contributed by atoms with Crippen molar-refractivity contribution in [1.29, 1.82) is 0 Å². The van der Waals surface area contributed by atoms with Gasteiger partial charge in [-0.2, -0.15) is 0 Å². The molecule has 20 heavy (non-hydrogen) atoms. The van der Waals surface area contributed by atoms with E-state index in [4.69, 9.17) is 15.4 Å². The van der Waals surface area contributed by atoms with Crippen LogP contribution in [0.1, 0.15) is 17.0 Å². The van der Waals surface area contributed by atoms with Crippen molar-refractivity contribution in [1.82, 2.24) is 0 Å². The van der Waals surface area contributed by atoms with Gasteiger partial charge in [0.15, 0.2) is 0 Å². The van der Waals surface area contributed by atoms with E-state index < -0.39 is 0 Å². The molecule has 2 aromatic carbocycles. The summed E-state index contributed by atoms with van der Waals surface area (Å²) in [5.41, 5.74) is 13.5. The number of hydrogen-bond acceptors (Lipinski definition) is 2. The average Bonchev–Trinajstić information content (AvgIpc) is 2.80. The van der Waals surface area contributed by atoms with Crippen LogP contribution in [0.15, 0.2) is 53.6 Å². The van der Waals surface area contributed by atoms with Crippen molar-refractivity contribution in [3.05, 3.63) is 70.1 Å². The number of fused-ring (bicyclic) bond motifs is 3. The van der Waals surface area contributed by atoms with E-state index in [1.54, 1.807) is 0 Å². The van der Waals surface area contributed by atoms with Crippen LogP contribution in [0.4, 0.5) is 0 Å². The molecule has 1 aliphatic carbocycles. The summed E-state index contributed by atoms with van der Waals surface area (Å²) in [5, 5.41) is 10.6. The quantitative estimate of drug-likeness (QED) is 0.388. The van der Waals surface area contributed by atoms with Crippen molar-refractivity contribution in [3.63, 3.8) is 0 Å². The number of carboxylic acid groups (broad SMARTS) is 1. The van der Waals surface area contributed by atoms with Gasteiger partial charge in [0.25, 0.3) is 6.47 Å². The van der Waals surface area contributed by atoms with Crippen molar-refractivity contribution in [2.24, 2.45) is 5.11 Å². The first kappa shape index (κ1) is 13.6. The van der Waals surface area contributed by atoms with Crippen LogP contribution in [0.5, 0.6) is 0 Å². The molecule has 0 spiro atoms. The van der Waals surface area contributed by atoms with Crippen LogP contribution in [0.2, 0.25) is 0 Å². The second-order valence-electron chi connectivity index (χ2n) is 4.25. The molecule has 1 aliphatic rings. The van der Waals surface area contributed by atoms with Gasteiger partial charge in [0.2, 0.25) is 0 Å². The predicted molar refractivity (Wildman–Crippen MR) is 76.4 cm³/mol. The highest BCUT2D eigenvalue weighted by Gasteiger charge is 2.26. The molecule has 5 heteroatoms. The number of rotatable bonds is 2. The smallest absolute Gasteiger partial charge is 0.290 e. The Morgan fingerprint density at radius 2 is 1.55 bits per heavy atom. The van der Waals surface area contributed by atoms with Crippen molar-refractivity contribution in [2.45, 2.75) is 5.92 Å². The van der Waals surface area contributed by atoms with E-state index in [-0.39, 0.29) is 12.4 Å².